The molecule has 0 aliphatic carbocycles. The van der Waals surface area contributed by atoms with Crippen LogP contribution in [0.3, 0.4) is 0 Å². The van der Waals surface area contributed by atoms with E-state index in [1.165, 1.54) is 0 Å². The van der Waals surface area contributed by atoms with E-state index < -0.39 is 5.97 Å². The summed E-state index contributed by atoms with van der Waals surface area (Å²) in [7, 11) is 0. The lowest BCUT2D eigenvalue weighted by molar-refractivity contribution is -0.138. The van der Waals surface area contributed by atoms with Gasteiger partial charge in [0.1, 0.15) is 0 Å². The summed E-state index contributed by atoms with van der Waals surface area (Å²) in [6, 6.07) is 12.0. The molecule has 2 heterocycles. The number of amides is 1. The maximum Gasteiger partial charge on any atom is 0.303 e. The van der Waals surface area contributed by atoms with Gasteiger partial charge in [-0.1, -0.05) is 18.2 Å². The molecule has 0 unspecified atom stereocenters. The molecule has 1 aromatic carbocycles. The van der Waals surface area contributed by atoms with Crippen LogP contribution in [0.1, 0.15) is 41.0 Å². The standard InChI is InChI=1S/C20H24N2O3/c1-14-12-18(15(2)22(14)17-6-4-3-5-7-17)20(25)21-10-8-16(9-11-21)13-19(23)24/h3-7,12,16H,8-11,13H2,1-2H3,(H,23,24). The van der Waals surface area contributed by atoms with Gasteiger partial charge in [0.05, 0.1) is 5.56 Å². The van der Waals surface area contributed by atoms with Crippen LogP contribution in [0.4, 0.5) is 0 Å². The molecule has 1 N–H and O–H groups in total. The highest BCUT2D eigenvalue weighted by atomic mass is 16.4. The predicted octanol–water partition coefficient (Wildman–Crippen LogP) is 3.42. The number of piperidine rings is 1. The fourth-order valence-corrected chi connectivity index (χ4v) is 3.71. The van der Waals surface area contributed by atoms with Crippen LogP contribution in [0.5, 0.6) is 0 Å². The van der Waals surface area contributed by atoms with E-state index in [9.17, 15) is 9.59 Å². The maximum atomic E-state index is 12.9. The Kier molecular flexibility index (Phi) is 4.93. The van der Waals surface area contributed by atoms with Gasteiger partial charge in [0, 0.05) is 36.6 Å². The second-order valence-corrected chi connectivity index (χ2v) is 6.79. The number of carboxylic acids is 1. The first-order valence-electron chi connectivity index (χ1n) is 8.73. The number of hydrogen-bond donors (Lipinski definition) is 1. The van der Waals surface area contributed by atoms with Crippen LogP contribution in [0.15, 0.2) is 36.4 Å². The number of para-hydroxylation sites is 1. The minimum Gasteiger partial charge on any atom is -0.481 e. The second kappa shape index (κ2) is 7.13. The van der Waals surface area contributed by atoms with Crippen molar-refractivity contribution in [3.05, 3.63) is 53.3 Å². The molecule has 0 spiro atoms. The van der Waals surface area contributed by atoms with Gasteiger partial charge in [-0.25, -0.2) is 0 Å². The van der Waals surface area contributed by atoms with Crippen molar-refractivity contribution < 1.29 is 14.7 Å². The number of carbonyl (C=O) groups is 2. The summed E-state index contributed by atoms with van der Waals surface area (Å²) in [5.74, 6) is -0.529. The number of aliphatic carboxylic acids is 1. The minimum absolute atomic E-state index is 0.0454. The molecule has 3 rings (SSSR count). The number of nitrogens with zero attached hydrogens (tertiary/aromatic N) is 2. The van der Waals surface area contributed by atoms with Crippen molar-refractivity contribution in [1.29, 1.82) is 0 Å². The molecule has 1 aliphatic rings. The molecular formula is C20H24N2O3. The lowest BCUT2D eigenvalue weighted by Gasteiger charge is -2.31. The Labute approximate surface area is 147 Å². The Balaban J connectivity index is 1.77. The molecule has 5 heteroatoms. The summed E-state index contributed by atoms with van der Waals surface area (Å²) in [5, 5.41) is 8.91. The SMILES string of the molecule is Cc1cc(C(=O)N2CCC(CC(=O)O)CC2)c(C)n1-c1ccccc1. The van der Waals surface area contributed by atoms with Gasteiger partial charge in [-0.2, -0.15) is 0 Å². The number of rotatable bonds is 4. The third-order valence-corrected chi connectivity index (χ3v) is 5.04. The van der Waals surface area contributed by atoms with Crippen LogP contribution in [0.2, 0.25) is 0 Å². The third kappa shape index (κ3) is 3.60. The predicted molar refractivity (Wildman–Crippen MR) is 96.1 cm³/mol. The number of aromatic nitrogens is 1. The number of hydrogen-bond acceptors (Lipinski definition) is 2. The Morgan fingerprint density at radius 2 is 1.76 bits per heavy atom. The molecule has 0 bridgehead atoms. The average Bonchev–Trinajstić information content (AvgIpc) is 2.89. The summed E-state index contributed by atoms with van der Waals surface area (Å²) in [6.07, 6.45) is 1.72. The number of aryl methyl sites for hydroxylation is 1. The summed E-state index contributed by atoms with van der Waals surface area (Å²) in [6.45, 7) is 5.25. The normalized spacial score (nSPS) is 15.4. The van der Waals surface area contributed by atoms with Gasteiger partial charge in [0.2, 0.25) is 0 Å². The summed E-state index contributed by atoms with van der Waals surface area (Å²) >= 11 is 0. The quantitative estimate of drug-likeness (QED) is 0.927. The molecule has 2 aromatic rings. The lowest BCUT2D eigenvalue weighted by atomic mass is 9.93. The van der Waals surface area contributed by atoms with Crippen molar-refractivity contribution in [3.63, 3.8) is 0 Å². The molecule has 0 atom stereocenters. The zero-order chi connectivity index (χ0) is 18.0. The smallest absolute Gasteiger partial charge is 0.303 e. The van der Waals surface area contributed by atoms with Crippen LogP contribution >= 0.6 is 0 Å². The largest absolute Gasteiger partial charge is 0.481 e. The highest BCUT2D eigenvalue weighted by Crippen LogP contribution is 2.25. The minimum atomic E-state index is -0.754. The molecule has 132 valence electrons. The van der Waals surface area contributed by atoms with E-state index in [0.717, 1.165) is 35.5 Å². The van der Waals surface area contributed by atoms with Crippen molar-refractivity contribution in [2.75, 3.05) is 13.1 Å². The van der Waals surface area contributed by atoms with Gasteiger partial charge in [-0.05, 0) is 50.8 Å². The molecule has 0 radical (unpaired) electrons. The zero-order valence-electron chi connectivity index (χ0n) is 14.7. The van der Waals surface area contributed by atoms with E-state index >= 15 is 0 Å². The van der Waals surface area contributed by atoms with Gasteiger partial charge < -0.3 is 14.6 Å². The molecule has 1 saturated heterocycles. The molecular weight excluding hydrogens is 316 g/mol. The second-order valence-electron chi connectivity index (χ2n) is 6.79. The molecule has 25 heavy (non-hydrogen) atoms. The number of benzene rings is 1. The van der Waals surface area contributed by atoms with Gasteiger partial charge >= 0.3 is 5.97 Å². The molecule has 1 aromatic heterocycles. The van der Waals surface area contributed by atoms with Crippen molar-refractivity contribution in [3.8, 4) is 5.69 Å². The Morgan fingerprint density at radius 1 is 1.12 bits per heavy atom. The maximum absolute atomic E-state index is 12.9. The Hall–Kier alpha value is -2.56. The highest BCUT2D eigenvalue weighted by molar-refractivity contribution is 5.96. The van der Waals surface area contributed by atoms with E-state index in [4.69, 9.17) is 5.11 Å². The van der Waals surface area contributed by atoms with Gasteiger partial charge in [-0.3, -0.25) is 9.59 Å². The fraction of sp³-hybridized carbons (Fsp3) is 0.400. The summed E-state index contributed by atoms with van der Waals surface area (Å²) < 4.78 is 2.10. The van der Waals surface area contributed by atoms with Crippen LogP contribution in [0, 0.1) is 19.8 Å². The zero-order valence-corrected chi connectivity index (χ0v) is 14.7. The van der Waals surface area contributed by atoms with E-state index in [-0.39, 0.29) is 18.2 Å². The van der Waals surface area contributed by atoms with Crippen molar-refractivity contribution >= 4 is 11.9 Å². The highest BCUT2D eigenvalue weighted by Gasteiger charge is 2.27. The monoisotopic (exact) mass is 340 g/mol. The number of carbonyl (C=O) groups excluding carboxylic acids is 1. The van der Waals surface area contributed by atoms with E-state index in [1.807, 2.05) is 55.1 Å². The average molecular weight is 340 g/mol. The van der Waals surface area contributed by atoms with Gasteiger partial charge in [0.15, 0.2) is 0 Å². The van der Waals surface area contributed by atoms with Crippen LogP contribution in [-0.2, 0) is 4.79 Å². The van der Waals surface area contributed by atoms with E-state index in [2.05, 4.69) is 4.57 Å². The first-order chi connectivity index (χ1) is 12.0. The Bertz CT molecular complexity index is 772. The summed E-state index contributed by atoms with van der Waals surface area (Å²) in [5.41, 5.74) is 3.77. The first kappa shape index (κ1) is 17.3. The fourth-order valence-electron chi connectivity index (χ4n) is 3.71. The Morgan fingerprint density at radius 3 is 2.36 bits per heavy atom. The molecule has 0 saturated carbocycles. The van der Waals surface area contributed by atoms with Crippen LogP contribution in [0.25, 0.3) is 5.69 Å². The summed E-state index contributed by atoms with van der Waals surface area (Å²) in [4.78, 5) is 25.6. The molecule has 5 nitrogen and oxygen atoms in total. The number of likely N-dealkylation sites (tertiary alicyclic amines) is 1. The van der Waals surface area contributed by atoms with Crippen molar-refractivity contribution in [2.45, 2.75) is 33.1 Å². The molecule has 1 amide bonds. The van der Waals surface area contributed by atoms with Gasteiger partial charge in [-0.15, -0.1) is 0 Å². The van der Waals surface area contributed by atoms with Crippen molar-refractivity contribution in [1.82, 2.24) is 9.47 Å². The molecule has 1 aliphatic heterocycles. The number of carboxylic acid groups (broad SMARTS) is 1. The molecule has 1 fully saturated rings. The van der Waals surface area contributed by atoms with Crippen molar-refractivity contribution in [2.24, 2.45) is 5.92 Å². The third-order valence-electron chi connectivity index (χ3n) is 5.04. The van der Waals surface area contributed by atoms with Crippen LogP contribution in [-0.4, -0.2) is 39.5 Å². The topological polar surface area (TPSA) is 62.5 Å². The van der Waals surface area contributed by atoms with E-state index in [1.54, 1.807) is 0 Å². The van der Waals surface area contributed by atoms with Crippen LogP contribution < -0.4 is 0 Å². The van der Waals surface area contributed by atoms with E-state index in [0.29, 0.717) is 13.1 Å². The lowest BCUT2D eigenvalue weighted by Crippen LogP contribution is -2.39. The first-order valence-corrected chi connectivity index (χ1v) is 8.73. The van der Waals surface area contributed by atoms with Gasteiger partial charge in [0.25, 0.3) is 5.91 Å².